The van der Waals surface area contributed by atoms with Crippen LogP contribution in [0.3, 0.4) is 0 Å². The van der Waals surface area contributed by atoms with E-state index in [1.807, 2.05) is 18.0 Å². The molecule has 2 aromatic heterocycles. The molecule has 2 amide bonds. The lowest BCUT2D eigenvalue weighted by Crippen LogP contribution is -2.48. The third-order valence-corrected chi connectivity index (χ3v) is 5.46. The third-order valence-electron chi connectivity index (χ3n) is 5.46. The predicted molar refractivity (Wildman–Crippen MR) is 95.1 cm³/mol. The first kappa shape index (κ1) is 17.7. The molecule has 0 aliphatic carbocycles. The number of hydrogen-bond donors (Lipinski definition) is 0. The van der Waals surface area contributed by atoms with E-state index in [9.17, 15) is 9.59 Å². The molecule has 0 bridgehead atoms. The molecule has 0 unspecified atom stereocenters. The van der Waals surface area contributed by atoms with Gasteiger partial charge in [0.2, 0.25) is 11.8 Å². The number of amides is 2. The van der Waals surface area contributed by atoms with Crippen molar-refractivity contribution in [3.05, 3.63) is 29.7 Å². The molecule has 0 atom stereocenters. The van der Waals surface area contributed by atoms with Crippen molar-refractivity contribution in [2.24, 2.45) is 0 Å². The highest BCUT2D eigenvalue weighted by atomic mass is 16.5. The lowest BCUT2D eigenvalue weighted by Gasteiger charge is -2.36. The average molecular weight is 372 g/mol. The maximum Gasteiger partial charge on any atom is 0.274 e. The Kier molecular flexibility index (Phi) is 4.67. The van der Waals surface area contributed by atoms with E-state index in [0.29, 0.717) is 24.7 Å². The lowest BCUT2D eigenvalue weighted by atomic mass is 9.95. The Labute approximate surface area is 157 Å². The minimum absolute atomic E-state index is 0.0604. The van der Waals surface area contributed by atoms with Crippen molar-refractivity contribution in [1.29, 1.82) is 0 Å². The number of carbonyl (C=O) groups is 2. The topological polar surface area (TPSA) is 97.4 Å². The average Bonchev–Trinajstić information content (AvgIpc) is 3.30. The van der Waals surface area contributed by atoms with Crippen molar-refractivity contribution in [2.45, 2.75) is 45.1 Å². The molecule has 2 aromatic rings. The van der Waals surface area contributed by atoms with Gasteiger partial charge < -0.3 is 14.3 Å². The summed E-state index contributed by atoms with van der Waals surface area (Å²) in [6.07, 6.45) is 3.52. The summed E-state index contributed by atoms with van der Waals surface area (Å²) in [6.45, 7) is 6.94. The van der Waals surface area contributed by atoms with Crippen LogP contribution in [0, 0.1) is 0 Å². The number of aromatic nitrogens is 4. The second-order valence-electron chi connectivity index (χ2n) is 7.23. The van der Waals surface area contributed by atoms with Gasteiger partial charge in [-0.25, -0.2) is 0 Å². The van der Waals surface area contributed by atoms with Crippen LogP contribution in [0.2, 0.25) is 0 Å². The highest BCUT2D eigenvalue weighted by molar-refractivity contribution is 5.92. The molecule has 2 aliphatic rings. The largest absolute Gasteiger partial charge is 0.343 e. The van der Waals surface area contributed by atoms with Crippen LogP contribution < -0.4 is 0 Å². The fourth-order valence-electron chi connectivity index (χ4n) is 3.65. The van der Waals surface area contributed by atoms with E-state index < -0.39 is 0 Å². The standard InChI is InChI=1S/C18H24N6O3/c1-3-24-9-6-15(20-24)18(26)23-10-14(11-23)17-19-16(21-27-17)13-4-7-22(8-5-13)12(2)25/h6,9,13-14H,3-5,7-8,10-11H2,1-2H3. The van der Waals surface area contributed by atoms with Crippen LogP contribution in [0.5, 0.6) is 0 Å². The Bertz CT molecular complexity index is 830. The molecule has 0 saturated carbocycles. The fraction of sp³-hybridized carbons (Fsp3) is 0.611. The molecule has 0 aromatic carbocycles. The van der Waals surface area contributed by atoms with Gasteiger partial charge in [-0.1, -0.05) is 5.16 Å². The summed E-state index contributed by atoms with van der Waals surface area (Å²) < 4.78 is 7.19. The minimum Gasteiger partial charge on any atom is -0.343 e. The summed E-state index contributed by atoms with van der Waals surface area (Å²) in [5, 5.41) is 8.41. The van der Waals surface area contributed by atoms with Gasteiger partial charge in [-0.2, -0.15) is 10.1 Å². The van der Waals surface area contributed by atoms with Crippen molar-refractivity contribution in [2.75, 3.05) is 26.2 Å². The van der Waals surface area contributed by atoms with Crippen LogP contribution in [-0.4, -0.2) is 67.7 Å². The SMILES string of the molecule is CCn1ccc(C(=O)N2CC(c3nc(C4CCN(C(C)=O)CC4)no3)C2)n1. The predicted octanol–water partition coefficient (Wildman–Crippen LogP) is 1.25. The molecule has 9 nitrogen and oxygen atoms in total. The first-order valence-corrected chi connectivity index (χ1v) is 9.47. The zero-order valence-corrected chi connectivity index (χ0v) is 15.7. The van der Waals surface area contributed by atoms with E-state index in [1.54, 1.807) is 22.6 Å². The van der Waals surface area contributed by atoms with Crippen LogP contribution in [0.15, 0.2) is 16.8 Å². The van der Waals surface area contributed by atoms with Gasteiger partial charge in [0.15, 0.2) is 5.82 Å². The summed E-state index contributed by atoms with van der Waals surface area (Å²) in [7, 11) is 0. The Morgan fingerprint density at radius 3 is 2.56 bits per heavy atom. The van der Waals surface area contributed by atoms with Gasteiger partial charge in [0.05, 0.1) is 5.92 Å². The van der Waals surface area contributed by atoms with Gasteiger partial charge in [0.25, 0.3) is 5.91 Å². The number of rotatable bonds is 4. The van der Waals surface area contributed by atoms with Gasteiger partial charge in [-0.3, -0.25) is 14.3 Å². The van der Waals surface area contributed by atoms with Crippen LogP contribution in [0.25, 0.3) is 0 Å². The molecule has 2 aliphatic heterocycles. The highest BCUT2D eigenvalue weighted by Gasteiger charge is 2.37. The number of likely N-dealkylation sites (tertiary alicyclic amines) is 2. The lowest BCUT2D eigenvalue weighted by molar-refractivity contribution is -0.129. The first-order valence-electron chi connectivity index (χ1n) is 9.47. The van der Waals surface area contributed by atoms with Crippen molar-refractivity contribution in [3.8, 4) is 0 Å². The van der Waals surface area contributed by atoms with Crippen molar-refractivity contribution in [1.82, 2.24) is 29.7 Å². The van der Waals surface area contributed by atoms with Crippen LogP contribution >= 0.6 is 0 Å². The number of hydrogen-bond acceptors (Lipinski definition) is 6. The van der Waals surface area contributed by atoms with E-state index in [1.165, 1.54) is 0 Å². The van der Waals surface area contributed by atoms with E-state index in [4.69, 9.17) is 4.52 Å². The second kappa shape index (κ2) is 7.13. The smallest absolute Gasteiger partial charge is 0.274 e. The van der Waals surface area contributed by atoms with Gasteiger partial charge >= 0.3 is 0 Å². The summed E-state index contributed by atoms with van der Waals surface area (Å²) in [4.78, 5) is 32.0. The summed E-state index contributed by atoms with van der Waals surface area (Å²) >= 11 is 0. The molecular weight excluding hydrogens is 348 g/mol. The summed E-state index contributed by atoms with van der Waals surface area (Å²) in [5.74, 6) is 1.69. The van der Waals surface area contributed by atoms with Gasteiger partial charge in [0, 0.05) is 51.8 Å². The maximum atomic E-state index is 12.4. The maximum absolute atomic E-state index is 12.4. The number of carbonyl (C=O) groups excluding carboxylic acids is 2. The third kappa shape index (κ3) is 3.45. The molecule has 144 valence electrons. The highest BCUT2D eigenvalue weighted by Crippen LogP contribution is 2.30. The Hall–Kier alpha value is -2.71. The van der Waals surface area contributed by atoms with Crippen LogP contribution in [-0.2, 0) is 11.3 Å². The molecule has 0 radical (unpaired) electrons. The minimum atomic E-state index is -0.0604. The van der Waals surface area contributed by atoms with Gasteiger partial charge in [-0.05, 0) is 25.8 Å². The molecule has 27 heavy (non-hydrogen) atoms. The molecule has 4 heterocycles. The van der Waals surface area contributed by atoms with E-state index in [-0.39, 0.29) is 23.7 Å². The van der Waals surface area contributed by atoms with E-state index in [2.05, 4.69) is 15.2 Å². The second-order valence-corrected chi connectivity index (χ2v) is 7.23. The van der Waals surface area contributed by atoms with E-state index in [0.717, 1.165) is 38.3 Å². The normalized spacial score (nSPS) is 18.6. The summed E-state index contributed by atoms with van der Waals surface area (Å²) in [5.41, 5.74) is 0.471. The van der Waals surface area contributed by atoms with E-state index >= 15 is 0 Å². The Morgan fingerprint density at radius 2 is 1.93 bits per heavy atom. The first-order chi connectivity index (χ1) is 13.0. The van der Waals surface area contributed by atoms with Crippen molar-refractivity contribution < 1.29 is 14.1 Å². The number of nitrogens with zero attached hydrogens (tertiary/aromatic N) is 6. The Balaban J connectivity index is 1.31. The van der Waals surface area contributed by atoms with Crippen molar-refractivity contribution in [3.63, 3.8) is 0 Å². The zero-order valence-electron chi connectivity index (χ0n) is 15.7. The summed E-state index contributed by atoms with van der Waals surface area (Å²) in [6, 6.07) is 1.75. The van der Waals surface area contributed by atoms with Gasteiger partial charge in [-0.15, -0.1) is 0 Å². The molecule has 0 N–H and O–H groups in total. The molecule has 2 fully saturated rings. The molecule has 9 heteroatoms. The quantitative estimate of drug-likeness (QED) is 0.801. The van der Waals surface area contributed by atoms with Crippen molar-refractivity contribution >= 4 is 11.8 Å². The number of piperidine rings is 1. The molecule has 2 saturated heterocycles. The Morgan fingerprint density at radius 1 is 1.19 bits per heavy atom. The van der Waals surface area contributed by atoms with Crippen LogP contribution in [0.4, 0.5) is 0 Å². The molecule has 0 spiro atoms. The molecular formula is C18H24N6O3. The number of aryl methyl sites for hydroxylation is 1. The van der Waals surface area contributed by atoms with Gasteiger partial charge in [0.1, 0.15) is 5.69 Å². The molecule has 4 rings (SSSR count). The zero-order chi connectivity index (χ0) is 19.0. The monoisotopic (exact) mass is 372 g/mol. The van der Waals surface area contributed by atoms with Crippen LogP contribution in [0.1, 0.15) is 60.7 Å². The fourth-order valence-corrected chi connectivity index (χ4v) is 3.65.